The second-order valence-corrected chi connectivity index (χ2v) is 10.5. The molecule has 1 saturated heterocycles. The summed E-state index contributed by atoms with van der Waals surface area (Å²) in [7, 11) is 1.69. The van der Waals surface area contributed by atoms with Gasteiger partial charge in [0.1, 0.15) is 23.3 Å². The molecule has 2 atom stereocenters. The van der Waals surface area contributed by atoms with Gasteiger partial charge in [0, 0.05) is 38.0 Å². The Bertz CT molecular complexity index is 1870. The highest BCUT2D eigenvalue weighted by Crippen LogP contribution is 2.27. The van der Waals surface area contributed by atoms with Gasteiger partial charge in [-0.1, -0.05) is 30.3 Å². The Kier molecular flexibility index (Phi) is 8.22. The number of carbonyl (C=O) groups is 1. The van der Waals surface area contributed by atoms with E-state index in [1.54, 1.807) is 49.5 Å². The first kappa shape index (κ1) is 28.8. The number of anilines is 2. The minimum absolute atomic E-state index is 0.160. The number of nitrogens with one attached hydrogen (secondary N) is 1. The summed E-state index contributed by atoms with van der Waals surface area (Å²) >= 11 is 0. The summed E-state index contributed by atoms with van der Waals surface area (Å²) in [6.07, 6.45) is 5.79. The van der Waals surface area contributed by atoms with Crippen LogP contribution in [0.3, 0.4) is 0 Å². The van der Waals surface area contributed by atoms with E-state index in [1.165, 1.54) is 26.4 Å². The molecule has 1 aliphatic rings. The van der Waals surface area contributed by atoms with Crippen LogP contribution < -0.4 is 26.4 Å². The van der Waals surface area contributed by atoms with Crippen LogP contribution >= 0.6 is 0 Å². The lowest BCUT2D eigenvalue weighted by Crippen LogP contribution is -2.34. The van der Waals surface area contributed by atoms with Crippen LogP contribution in [-0.2, 0) is 9.53 Å². The summed E-state index contributed by atoms with van der Waals surface area (Å²) in [6.45, 7) is 3.35. The first-order valence-corrected chi connectivity index (χ1v) is 14.4. The fourth-order valence-corrected chi connectivity index (χ4v) is 5.27. The molecule has 0 saturated carbocycles. The Morgan fingerprint density at radius 1 is 1.05 bits per heavy atom. The number of carbonyl (C=O) groups excluding carboxylic acids is 1. The predicted octanol–water partition coefficient (Wildman–Crippen LogP) is 4.23. The maximum Gasteiger partial charge on any atom is 0.339 e. The number of aromatic nitrogens is 4. The largest absolute Gasteiger partial charge is 0.457 e. The number of likely N-dealkylation sites (N-methyl/N-ethyl adjacent to an activating group) is 1. The van der Waals surface area contributed by atoms with E-state index in [0.29, 0.717) is 46.3 Å². The van der Waals surface area contributed by atoms with Gasteiger partial charge in [0.15, 0.2) is 11.5 Å². The van der Waals surface area contributed by atoms with Crippen molar-refractivity contribution >= 4 is 28.6 Å². The summed E-state index contributed by atoms with van der Waals surface area (Å²) in [5.74, 6) is 1.29. The van der Waals surface area contributed by atoms with Gasteiger partial charge in [-0.3, -0.25) is 9.36 Å². The molecule has 3 aromatic carbocycles. The van der Waals surface area contributed by atoms with E-state index < -0.39 is 0 Å². The van der Waals surface area contributed by atoms with E-state index in [0.717, 1.165) is 13.0 Å². The number of imidazole rings is 1. The van der Waals surface area contributed by atoms with E-state index in [2.05, 4.69) is 15.3 Å². The Morgan fingerprint density at radius 2 is 1.82 bits per heavy atom. The van der Waals surface area contributed by atoms with Crippen molar-refractivity contribution in [2.24, 2.45) is 0 Å². The number of benzene rings is 3. The van der Waals surface area contributed by atoms with E-state index in [1.807, 2.05) is 49.4 Å². The van der Waals surface area contributed by atoms with Gasteiger partial charge in [-0.25, -0.2) is 19.3 Å². The molecule has 1 fully saturated rings. The number of hydrogen-bond donors (Lipinski definition) is 2. The average molecular weight is 592 g/mol. The number of rotatable bonds is 9. The van der Waals surface area contributed by atoms with E-state index in [4.69, 9.17) is 15.2 Å². The first-order chi connectivity index (χ1) is 21.4. The first-order valence-electron chi connectivity index (χ1n) is 14.4. The summed E-state index contributed by atoms with van der Waals surface area (Å²) in [5, 5.41) is 3.40. The van der Waals surface area contributed by atoms with Gasteiger partial charge in [-0.15, -0.1) is 0 Å². The molecule has 11 heteroatoms. The summed E-state index contributed by atoms with van der Waals surface area (Å²) in [4.78, 5) is 37.1. The van der Waals surface area contributed by atoms with Crippen molar-refractivity contribution in [3.05, 3.63) is 108 Å². The number of nitrogens with two attached hydrogens (primary N) is 1. The highest BCUT2D eigenvalue weighted by molar-refractivity contribution is 6.01. The van der Waals surface area contributed by atoms with Gasteiger partial charge < -0.3 is 25.4 Å². The van der Waals surface area contributed by atoms with E-state index in [-0.39, 0.29) is 29.6 Å². The third kappa shape index (κ3) is 5.83. The van der Waals surface area contributed by atoms with Crippen LogP contribution in [0.25, 0.3) is 22.5 Å². The molecule has 224 valence electrons. The molecule has 0 radical (unpaired) electrons. The zero-order chi connectivity index (χ0) is 30.6. The SMILES string of the molecule is CC1OCCC1NC/C=C/C(=O)N(C)c1cccc(-n2c(=O)n(-c3ccc(Oc4ccccc4)cc3)c3c(N)ncnc32)c1. The number of ether oxygens (including phenoxy) is 2. The topological polar surface area (TPSA) is 130 Å². The van der Waals surface area contributed by atoms with Crippen LogP contribution in [0.15, 0.2) is 102 Å². The summed E-state index contributed by atoms with van der Waals surface area (Å²) in [6, 6.07) is 24.0. The molecule has 0 bridgehead atoms. The molecule has 0 aliphatic carbocycles. The number of amides is 1. The lowest BCUT2D eigenvalue weighted by Gasteiger charge is -2.17. The molecule has 1 amide bonds. The maximum atomic E-state index is 14.0. The highest BCUT2D eigenvalue weighted by atomic mass is 16.5. The molecule has 6 rings (SSSR count). The standard InChI is InChI=1S/C33H33N7O4/c1-22-28(17-19-43-22)35-18-7-12-29(41)38(2)24-8-6-9-25(20-24)40-32-30(31(34)36-21-37-32)39(33(40)42)23-13-15-27(16-14-23)44-26-10-4-3-5-11-26/h3-16,20-22,28,35H,17-19H2,1-2H3,(H2,34,36,37)/b12-7+. The van der Waals surface area contributed by atoms with Gasteiger partial charge in [-0.05, 0) is 67.9 Å². The van der Waals surface area contributed by atoms with Crippen molar-refractivity contribution in [3.8, 4) is 22.9 Å². The third-order valence-corrected chi connectivity index (χ3v) is 7.66. The fourth-order valence-electron chi connectivity index (χ4n) is 5.27. The van der Waals surface area contributed by atoms with Gasteiger partial charge in [0.05, 0.1) is 17.5 Å². The molecular formula is C33H33N7O4. The second-order valence-electron chi connectivity index (χ2n) is 10.5. The van der Waals surface area contributed by atoms with Crippen molar-refractivity contribution in [1.82, 2.24) is 24.4 Å². The van der Waals surface area contributed by atoms with Crippen molar-refractivity contribution in [2.45, 2.75) is 25.5 Å². The number of para-hydroxylation sites is 1. The number of fused-ring (bicyclic) bond motifs is 1. The molecule has 0 spiro atoms. The van der Waals surface area contributed by atoms with Gasteiger partial charge in [0.25, 0.3) is 0 Å². The zero-order valence-electron chi connectivity index (χ0n) is 24.5. The molecular weight excluding hydrogens is 558 g/mol. The molecule has 3 N–H and O–H groups in total. The average Bonchev–Trinajstić information content (AvgIpc) is 3.59. The monoisotopic (exact) mass is 591 g/mol. The van der Waals surface area contributed by atoms with Crippen LogP contribution in [0.5, 0.6) is 11.5 Å². The molecule has 5 aromatic rings. The molecule has 2 aromatic heterocycles. The second kappa shape index (κ2) is 12.5. The normalized spacial score (nSPS) is 16.5. The molecule has 1 aliphatic heterocycles. The number of nitrogen functional groups attached to an aromatic ring is 1. The van der Waals surface area contributed by atoms with E-state index in [9.17, 15) is 9.59 Å². The van der Waals surface area contributed by atoms with Crippen molar-refractivity contribution in [2.75, 3.05) is 30.8 Å². The lowest BCUT2D eigenvalue weighted by molar-refractivity contribution is -0.113. The predicted molar refractivity (Wildman–Crippen MR) is 170 cm³/mol. The fraction of sp³-hybridized carbons (Fsp3) is 0.212. The van der Waals surface area contributed by atoms with Crippen LogP contribution in [0, 0.1) is 0 Å². The van der Waals surface area contributed by atoms with Crippen molar-refractivity contribution in [3.63, 3.8) is 0 Å². The minimum atomic E-state index is -0.383. The zero-order valence-corrected chi connectivity index (χ0v) is 24.5. The van der Waals surface area contributed by atoms with Crippen molar-refractivity contribution in [1.29, 1.82) is 0 Å². The molecule has 2 unspecified atom stereocenters. The lowest BCUT2D eigenvalue weighted by atomic mass is 10.1. The summed E-state index contributed by atoms with van der Waals surface area (Å²) in [5.41, 5.74) is 8.33. The Balaban J connectivity index is 1.28. The Morgan fingerprint density at radius 3 is 2.57 bits per heavy atom. The quantitative estimate of drug-likeness (QED) is 0.244. The minimum Gasteiger partial charge on any atom is -0.457 e. The number of nitrogens with zero attached hydrogens (tertiary/aromatic N) is 5. The van der Waals surface area contributed by atoms with Crippen LogP contribution in [-0.4, -0.2) is 57.4 Å². The van der Waals surface area contributed by atoms with Crippen LogP contribution in [0.4, 0.5) is 11.5 Å². The third-order valence-electron chi connectivity index (χ3n) is 7.66. The van der Waals surface area contributed by atoms with Crippen molar-refractivity contribution < 1.29 is 14.3 Å². The van der Waals surface area contributed by atoms with E-state index >= 15 is 0 Å². The molecule has 44 heavy (non-hydrogen) atoms. The maximum absolute atomic E-state index is 14.0. The Labute approximate surface area is 254 Å². The van der Waals surface area contributed by atoms with Gasteiger partial charge in [0.2, 0.25) is 5.91 Å². The van der Waals surface area contributed by atoms with Crippen LogP contribution in [0.1, 0.15) is 13.3 Å². The summed E-state index contributed by atoms with van der Waals surface area (Å²) < 4.78 is 14.4. The number of hydrogen-bond acceptors (Lipinski definition) is 8. The van der Waals surface area contributed by atoms with Crippen LogP contribution in [0.2, 0.25) is 0 Å². The van der Waals surface area contributed by atoms with Gasteiger partial charge in [-0.2, -0.15) is 0 Å². The van der Waals surface area contributed by atoms with Gasteiger partial charge >= 0.3 is 5.69 Å². The smallest absolute Gasteiger partial charge is 0.339 e. The molecule has 3 heterocycles. The Hall–Kier alpha value is -5.26. The molecule has 11 nitrogen and oxygen atoms in total. The highest BCUT2D eigenvalue weighted by Gasteiger charge is 2.23.